The molecule has 0 spiro atoms. The van der Waals surface area contributed by atoms with Crippen molar-refractivity contribution in [3.05, 3.63) is 77.1 Å². The highest BCUT2D eigenvalue weighted by Crippen LogP contribution is 2.37. The Kier molecular flexibility index (Phi) is 7.07. The lowest BCUT2D eigenvalue weighted by Crippen LogP contribution is -2.36. The van der Waals surface area contributed by atoms with Gasteiger partial charge in [0.1, 0.15) is 5.75 Å². The molecule has 0 aliphatic carbocycles. The predicted octanol–water partition coefficient (Wildman–Crippen LogP) is 4.21. The maximum absolute atomic E-state index is 13.3. The first-order valence-electron chi connectivity index (χ1n) is 10.4. The Balaban J connectivity index is 1.64. The number of carbonyl (C=O) groups is 1. The fraction of sp³-hybridized carbons (Fsp3) is 0.227. The predicted molar refractivity (Wildman–Crippen MR) is 125 cm³/mol. The molecular weight excluding hydrogens is 523 g/mol. The highest BCUT2D eigenvalue weighted by atomic mass is 35.5. The zero-order valence-corrected chi connectivity index (χ0v) is 20.0. The summed E-state index contributed by atoms with van der Waals surface area (Å²) in [6.45, 7) is -0.324. The van der Waals surface area contributed by atoms with Gasteiger partial charge in [-0.1, -0.05) is 23.7 Å². The number of urea groups is 1. The number of anilines is 1. The van der Waals surface area contributed by atoms with E-state index in [4.69, 9.17) is 21.5 Å². The minimum atomic E-state index is -4.59. The summed E-state index contributed by atoms with van der Waals surface area (Å²) in [5, 5.41) is 5.58. The van der Waals surface area contributed by atoms with E-state index >= 15 is 0 Å². The van der Waals surface area contributed by atoms with Crippen molar-refractivity contribution in [3.8, 4) is 11.6 Å². The number of rotatable bonds is 7. The van der Waals surface area contributed by atoms with Gasteiger partial charge < -0.3 is 9.64 Å². The Morgan fingerprint density at radius 3 is 2.44 bits per heavy atom. The molecule has 1 saturated heterocycles. The van der Waals surface area contributed by atoms with E-state index in [1.165, 1.54) is 29.4 Å². The van der Waals surface area contributed by atoms with E-state index in [0.29, 0.717) is 10.8 Å². The number of carbonyl (C=O) groups excluding carboxylic acids is 1. The first-order valence-corrected chi connectivity index (χ1v) is 12.5. The lowest BCUT2D eigenvalue weighted by Gasteiger charge is -2.23. The molecule has 14 heteroatoms. The Morgan fingerprint density at radius 2 is 1.83 bits per heavy atom. The van der Waals surface area contributed by atoms with Gasteiger partial charge in [-0.15, -0.1) is 0 Å². The van der Waals surface area contributed by atoms with Crippen LogP contribution in [0.1, 0.15) is 17.2 Å². The Bertz CT molecular complexity index is 1360. The van der Waals surface area contributed by atoms with Crippen LogP contribution in [-0.4, -0.2) is 48.2 Å². The minimum absolute atomic E-state index is 0.0453. The summed E-state index contributed by atoms with van der Waals surface area (Å²) in [6.07, 6.45) is -2.09. The topological polar surface area (TPSA) is 119 Å². The number of hydrogen-bond donors (Lipinski definition) is 1. The first-order chi connectivity index (χ1) is 16.9. The summed E-state index contributed by atoms with van der Waals surface area (Å²) in [7, 11) is -3.88. The third kappa shape index (κ3) is 6.04. The summed E-state index contributed by atoms with van der Waals surface area (Å²) < 4.78 is 68.4. The van der Waals surface area contributed by atoms with Crippen LogP contribution in [0.4, 0.5) is 23.8 Å². The standard InChI is InChI=1S/C22H19ClF3N5O4S/c23-16-4-6-17(7-5-16)35-20-12-28-19(11-29-20)31-18(13-30(21(31)32)8-9-36(27,33)34)14-2-1-3-15(10-14)22(24,25)26/h1-7,10-12,18H,8-9,13H2,(H2,27,33,34)/t18-/m1/s1. The third-order valence-corrected chi connectivity index (χ3v) is 6.33. The second-order valence-corrected chi connectivity index (χ2v) is 10.0. The van der Waals surface area contributed by atoms with Gasteiger partial charge in [0.2, 0.25) is 15.9 Å². The van der Waals surface area contributed by atoms with E-state index in [2.05, 4.69) is 9.97 Å². The van der Waals surface area contributed by atoms with E-state index in [-0.39, 0.29) is 30.4 Å². The van der Waals surface area contributed by atoms with Gasteiger partial charge in [0, 0.05) is 18.1 Å². The number of nitrogens with zero attached hydrogens (tertiary/aromatic N) is 4. The van der Waals surface area contributed by atoms with Crippen LogP contribution in [0.15, 0.2) is 60.9 Å². The van der Waals surface area contributed by atoms with Crippen LogP contribution < -0.4 is 14.8 Å². The van der Waals surface area contributed by atoms with Crippen molar-refractivity contribution in [2.75, 3.05) is 23.7 Å². The molecule has 0 saturated carbocycles. The Labute approximate surface area is 209 Å². The SMILES string of the molecule is NS(=O)(=O)CCN1C[C@H](c2cccc(C(F)(F)F)c2)N(c2cnc(Oc3ccc(Cl)cc3)cn2)C1=O. The number of benzene rings is 2. The minimum Gasteiger partial charge on any atom is -0.438 e. The number of primary sulfonamides is 1. The molecule has 2 aromatic carbocycles. The number of hydrogen-bond acceptors (Lipinski definition) is 6. The quantitative estimate of drug-likeness (QED) is 0.478. The van der Waals surface area contributed by atoms with Crippen LogP contribution in [0.2, 0.25) is 5.02 Å². The fourth-order valence-electron chi connectivity index (χ4n) is 3.62. The number of sulfonamides is 1. The second-order valence-electron chi connectivity index (χ2n) is 7.87. The summed E-state index contributed by atoms with van der Waals surface area (Å²) in [5.74, 6) is 0.0784. The third-order valence-electron chi connectivity index (χ3n) is 5.32. The van der Waals surface area contributed by atoms with E-state index < -0.39 is 39.6 Å². The van der Waals surface area contributed by atoms with Gasteiger partial charge in [-0.25, -0.2) is 28.3 Å². The Hall–Kier alpha value is -3.42. The summed E-state index contributed by atoms with van der Waals surface area (Å²) >= 11 is 5.85. The number of halogens is 4. The first kappa shape index (κ1) is 25.7. The van der Waals surface area contributed by atoms with Crippen molar-refractivity contribution in [2.45, 2.75) is 12.2 Å². The molecule has 0 unspecified atom stereocenters. The van der Waals surface area contributed by atoms with Crippen molar-refractivity contribution < 1.29 is 31.1 Å². The number of alkyl halides is 3. The molecule has 3 aromatic rings. The van der Waals surface area contributed by atoms with Crippen molar-refractivity contribution in [2.24, 2.45) is 5.14 Å². The molecule has 0 radical (unpaired) electrons. The highest BCUT2D eigenvalue weighted by molar-refractivity contribution is 7.89. The number of ether oxygens (including phenoxy) is 1. The van der Waals surface area contributed by atoms with Crippen molar-refractivity contribution in [1.29, 1.82) is 0 Å². The van der Waals surface area contributed by atoms with Gasteiger partial charge in [-0.2, -0.15) is 13.2 Å². The maximum Gasteiger partial charge on any atom is 0.416 e. The summed E-state index contributed by atoms with van der Waals surface area (Å²) in [4.78, 5) is 23.9. The molecule has 2 heterocycles. The van der Waals surface area contributed by atoms with Crippen molar-refractivity contribution in [3.63, 3.8) is 0 Å². The Morgan fingerprint density at radius 1 is 1.11 bits per heavy atom. The fourth-order valence-corrected chi connectivity index (χ4v) is 4.22. The largest absolute Gasteiger partial charge is 0.438 e. The van der Waals surface area contributed by atoms with E-state index in [0.717, 1.165) is 17.0 Å². The van der Waals surface area contributed by atoms with Gasteiger partial charge in [0.15, 0.2) is 5.82 Å². The van der Waals surface area contributed by atoms with Crippen LogP contribution in [0.3, 0.4) is 0 Å². The average Bonchev–Trinajstić information content (AvgIpc) is 3.15. The molecule has 9 nitrogen and oxygen atoms in total. The maximum atomic E-state index is 13.3. The molecule has 2 N–H and O–H groups in total. The second kappa shape index (κ2) is 9.91. The molecule has 1 aliphatic heterocycles. The van der Waals surface area contributed by atoms with Gasteiger partial charge in [0.25, 0.3) is 0 Å². The van der Waals surface area contributed by atoms with E-state index in [1.807, 2.05) is 0 Å². The zero-order valence-electron chi connectivity index (χ0n) is 18.4. The van der Waals surface area contributed by atoms with Gasteiger partial charge in [0.05, 0.1) is 29.8 Å². The number of aromatic nitrogens is 2. The smallest absolute Gasteiger partial charge is 0.416 e. The molecule has 1 aromatic heterocycles. The molecule has 2 amide bonds. The van der Waals surface area contributed by atoms with Gasteiger partial charge in [-0.3, -0.25) is 4.90 Å². The molecule has 1 fully saturated rings. The van der Waals surface area contributed by atoms with Crippen LogP contribution in [0.25, 0.3) is 0 Å². The van der Waals surface area contributed by atoms with Crippen LogP contribution in [-0.2, 0) is 16.2 Å². The lowest BCUT2D eigenvalue weighted by atomic mass is 10.0. The van der Waals surface area contributed by atoms with E-state index in [1.54, 1.807) is 24.3 Å². The normalized spacial score (nSPS) is 16.5. The van der Waals surface area contributed by atoms with Gasteiger partial charge in [-0.05, 0) is 42.0 Å². The molecular formula is C22H19ClF3N5O4S. The van der Waals surface area contributed by atoms with Gasteiger partial charge >= 0.3 is 12.2 Å². The van der Waals surface area contributed by atoms with E-state index in [9.17, 15) is 26.4 Å². The molecule has 4 rings (SSSR count). The van der Waals surface area contributed by atoms with Crippen molar-refractivity contribution in [1.82, 2.24) is 14.9 Å². The molecule has 190 valence electrons. The summed E-state index contributed by atoms with van der Waals surface area (Å²) in [6, 6.07) is 9.50. The number of nitrogens with two attached hydrogens (primary N) is 1. The highest BCUT2D eigenvalue weighted by Gasteiger charge is 2.41. The average molecular weight is 542 g/mol. The molecule has 1 atom stereocenters. The van der Waals surface area contributed by atoms with Crippen LogP contribution in [0.5, 0.6) is 11.6 Å². The molecule has 36 heavy (non-hydrogen) atoms. The lowest BCUT2D eigenvalue weighted by molar-refractivity contribution is -0.137. The zero-order chi connectivity index (χ0) is 26.1. The monoisotopic (exact) mass is 541 g/mol. The number of amides is 2. The summed E-state index contributed by atoms with van der Waals surface area (Å²) in [5.41, 5.74) is -0.687. The molecule has 0 bridgehead atoms. The van der Waals surface area contributed by atoms with Crippen LogP contribution >= 0.6 is 11.6 Å². The van der Waals surface area contributed by atoms with Crippen LogP contribution in [0, 0.1) is 0 Å². The molecule has 1 aliphatic rings. The van der Waals surface area contributed by atoms with Crippen molar-refractivity contribution >= 4 is 33.5 Å².